The topological polar surface area (TPSA) is 55.1 Å². The molecule has 2 aromatic rings. The van der Waals surface area contributed by atoms with E-state index in [1.165, 1.54) is 5.56 Å². The Morgan fingerprint density at radius 3 is 2.68 bits per heavy atom. The van der Waals surface area contributed by atoms with E-state index in [1.54, 1.807) is 12.4 Å². The molecule has 19 heavy (non-hydrogen) atoms. The van der Waals surface area contributed by atoms with Crippen molar-refractivity contribution in [2.24, 2.45) is 0 Å². The number of nitrogens with zero attached hydrogens (tertiary/aromatic N) is 4. The fraction of sp³-hybridized carbons (Fsp3) is 0.500. The van der Waals surface area contributed by atoms with Gasteiger partial charge in [0.2, 0.25) is 0 Å². The summed E-state index contributed by atoms with van der Waals surface area (Å²) in [5, 5.41) is 3.99. The first-order valence-electron chi connectivity index (χ1n) is 6.44. The summed E-state index contributed by atoms with van der Waals surface area (Å²) < 4.78 is 5.20. The third kappa shape index (κ3) is 3.38. The Morgan fingerprint density at radius 2 is 2.11 bits per heavy atom. The monoisotopic (exact) mass is 260 g/mol. The fourth-order valence-electron chi connectivity index (χ4n) is 2.03. The molecule has 0 aliphatic heterocycles. The van der Waals surface area contributed by atoms with Gasteiger partial charge in [-0.2, -0.15) is 0 Å². The minimum atomic E-state index is 0.380. The Balaban J connectivity index is 1.98. The Hall–Kier alpha value is -1.75. The van der Waals surface area contributed by atoms with E-state index in [4.69, 9.17) is 4.52 Å². The van der Waals surface area contributed by atoms with Crippen molar-refractivity contribution in [3.63, 3.8) is 0 Å². The molecule has 0 aliphatic rings. The first-order chi connectivity index (χ1) is 9.08. The molecule has 2 heterocycles. The Morgan fingerprint density at radius 1 is 1.32 bits per heavy atom. The molecule has 0 fully saturated rings. The summed E-state index contributed by atoms with van der Waals surface area (Å²) in [6.45, 7) is 6.96. The average molecular weight is 260 g/mol. The summed E-state index contributed by atoms with van der Waals surface area (Å²) in [7, 11) is 2.10. The van der Waals surface area contributed by atoms with Gasteiger partial charge in [-0.3, -0.25) is 14.9 Å². The molecule has 0 saturated heterocycles. The number of hydrogen-bond donors (Lipinski definition) is 0. The molecular weight excluding hydrogens is 240 g/mol. The van der Waals surface area contributed by atoms with Crippen LogP contribution >= 0.6 is 0 Å². The van der Waals surface area contributed by atoms with Crippen molar-refractivity contribution >= 4 is 0 Å². The standard InChI is InChI=1S/C14H20N4O/c1-10(7-13-8-15-5-6-16-13)18(4)9-14-11(2)17-19-12(14)3/h5-6,8,10H,7,9H2,1-4H3. The van der Waals surface area contributed by atoms with Gasteiger partial charge < -0.3 is 4.52 Å². The lowest BCUT2D eigenvalue weighted by molar-refractivity contribution is 0.245. The van der Waals surface area contributed by atoms with Crippen LogP contribution in [0.15, 0.2) is 23.1 Å². The molecule has 5 nitrogen and oxygen atoms in total. The first kappa shape index (κ1) is 13.7. The van der Waals surface area contributed by atoms with Crippen molar-refractivity contribution in [2.75, 3.05) is 7.05 Å². The molecule has 5 heteroatoms. The minimum absolute atomic E-state index is 0.380. The molecule has 0 aromatic carbocycles. The van der Waals surface area contributed by atoms with Gasteiger partial charge in [0, 0.05) is 43.2 Å². The molecular formula is C14H20N4O. The molecule has 0 N–H and O–H groups in total. The summed E-state index contributed by atoms with van der Waals surface area (Å²) in [6, 6.07) is 0.380. The lowest BCUT2D eigenvalue weighted by Gasteiger charge is -2.24. The van der Waals surface area contributed by atoms with Crippen LogP contribution in [-0.2, 0) is 13.0 Å². The lowest BCUT2D eigenvalue weighted by atomic mass is 10.1. The lowest BCUT2D eigenvalue weighted by Crippen LogP contribution is -2.31. The predicted molar refractivity (Wildman–Crippen MR) is 72.6 cm³/mol. The third-order valence-electron chi connectivity index (χ3n) is 3.46. The Bertz CT molecular complexity index is 504. The second kappa shape index (κ2) is 5.93. The average Bonchev–Trinajstić information content (AvgIpc) is 2.71. The molecule has 2 rings (SSSR count). The van der Waals surface area contributed by atoms with E-state index < -0.39 is 0 Å². The van der Waals surface area contributed by atoms with Gasteiger partial charge in [-0.25, -0.2) is 0 Å². The minimum Gasteiger partial charge on any atom is -0.361 e. The van der Waals surface area contributed by atoms with E-state index in [-0.39, 0.29) is 0 Å². The molecule has 1 atom stereocenters. The Labute approximate surface area is 113 Å². The van der Waals surface area contributed by atoms with Crippen LogP contribution in [-0.4, -0.2) is 33.1 Å². The van der Waals surface area contributed by atoms with E-state index in [0.29, 0.717) is 6.04 Å². The summed E-state index contributed by atoms with van der Waals surface area (Å²) in [4.78, 5) is 10.7. The highest BCUT2D eigenvalue weighted by molar-refractivity contribution is 5.20. The summed E-state index contributed by atoms with van der Waals surface area (Å²) >= 11 is 0. The molecule has 0 amide bonds. The number of aryl methyl sites for hydroxylation is 2. The van der Waals surface area contributed by atoms with Crippen LogP contribution in [0.5, 0.6) is 0 Å². The van der Waals surface area contributed by atoms with Crippen molar-refractivity contribution in [1.29, 1.82) is 0 Å². The van der Waals surface area contributed by atoms with Crippen LogP contribution < -0.4 is 0 Å². The van der Waals surface area contributed by atoms with E-state index >= 15 is 0 Å². The van der Waals surface area contributed by atoms with Gasteiger partial charge in [-0.05, 0) is 27.8 Å². The molecule has 1 unspecified atom stereocenters. The molecule has 0 saturated carbocycles. The maximum Gasteiger partial charge on any atom is 0.138 e. The van der Waals surface area contributed by atoms with Gasteiger partial charge in [0.05, 0.1) is 11.4 Å². The van der Waals surface area contributed by atoms with Crippen molar-refractivity contribution in [3.05, 3.63) is 41.3 Å². The maximum absolute atomic E-state index is 5.20. The van der Waals surface area contributed by atoms with Gasteiger partial charge >= 0.3 is 0 Å². The molecule has 0 spiro atoms. The summed E-state index contributed by atoms with van der Waals surface area (Å²) in [5.41, 5.74) is 3.16. The van der Waals surface area contributed by atoms with Crippen LogP contribution in [0.2, 0.25) is 0 Å². The zero-order valence-corrected chi connectivity index (χ0v) is 11.9. The molecule has 0 aliphatic carbocycles. The molecule has 102 valence electrons. The number of aromatic nitrogens is 3. The van der Waals surface area contributed by atoms with Crippen molar-refractivity contribution in [2.45, 2.75) is 39.8 Å². The van der Waals surface area contributed by atoms with E-state index in [9.17, 15) is 0 Å². The first-order valence-corrected chi connectivity index (χ1v) is 6.44. The molecule has 0 radical (unpaired) electrons. The second-order valence-corrected chi connectivity index (χ2v) is 4.97. The van der Waals surface area contributed by atoms with Gasteiger partial charge in [-0.15, -0.1) is 0 Å². The highest BCUT2D eigenvalue weighted by Gasteiger charge is 2.16. The van der Waals surface area contributed by atoms with Crippen molar-refractivity contribution in [3.8, 4) is 0 Å². The van der Waals surface area contributed by atoms with Gasteiger partial charge in [0.25, 0.3) is 0 Å². The highest BCUT2D eigenvalue weighted by atomic mass is 16.5. The Kier molecular flexibility index (Phi) is 4.27. The van der Waals surface area contributed by atoms with Crippen LogP contribution in [0.1, 0.15) is 29.6 Å². The van der Waals surface area contributed by atoms with Crippen molar-refractivity contribution < 1.29 is 4.52 Å². The normalized spacial score (nSPS) is 12.9. The summed E-state index contributed by atoms with van der Waals surface area (Å²) in [5.74, 6) is 0.899. The zero-order valence-electron chi connectivity index (χ0n) is 11.9. The molecule has 0 bridgehead atoms. The van der Waals surface area contributed by atoms with E-state index in [2.05, 4.69) is 34.0 Å². The van der Waals surface area contributed by atoms with Crippen molar-refractivity contribution in [1.82, 2.24) is 20.0 Å². The zero-order chi connectivity index (χ0) is 13.8. The second-order valence-electron chi connectivity index (χ2n) is 4.97. The van der Waals surface area contributed by atoms with E-state index in [0.717, 1.165) is 30.1 Å². The van der Waals surface area contributed by atoms with Crippen LogP contribution in [0.25, 0.3) is 0 Å². The fourth-order valence-corrected chi connectivity index (χ4v) is 2.03. The maximum atomic E-state index is 5.20. The highest BCUT2D eigenvalue weighted by Crippen LogP contribution is 2.16. The van der Waals surface area contributed by atoms with Crippen LogP contribution in [0, 0.1) is 13.8 Å². The quantitative estimate of drug-likeness (QED) is 0.824. The van der Waals surface area contributed by atoms with Gasteiger partial charge in [0.1, 0.15) is 5.76 Å². The third-order valence-corrected chi connectivity index (χ3v) is 3.46. The smallest absolute Gasteiger partial charge is 0.138 e. The number of likely N-dealkylation sites (N-methyl/N-ethyl adjacent to an activating group) is 1. The van der Waals surface area contributed by atoms with Crippen LogP contribution in [0.3, 0.4) is 0 Å². The number of hydrogen-bond acceptors (Lipinski definition) is 5. The van der Waals surface area contributed by atoms with Gasteiger partial charge in [0.15, 0.2) is 0 Å². The van der Waals surface area contributed by atoms with E-state index in [1.807, 2.05) is 20.0 Å². The van der Waals surface area contributed by atoms with Gasteiger partial charge in [-0.1, -0.05) is 5.16 Å². The largest absolute Gasteiger partial charge is 0.361 e. The predicted octanol–water partition coefficient (Wildman–Crippen LogP) is 2.14. The SMILES string of the molecule is Cc1noc(C)c1CN(C)C(C)Cc1cnccn1. The summed E-state index contributed by atoms with van der Waals surface area (Å²) in [6.07, 6.45) is 6.13. The van der Waals surface area contributed by atoms with Crippen LogP contribution in [0.4, 0.5) is 0 Å². The molecule has 2 aromatic heterocycles. The number of rotatable bonds is 5.